The van der Waals surface area contributed by atoms with Crippen LogP contribution >= 0.6 is 0 Å². The van der Waals surface area contributed by atoms with Gasteiger partial charge < -0.3 is 9.64 Å². The molecule has 1 aliphatic rings. The molecule has 2 aromatic rings. The summed E-state index contributed by atoms with van der Waals surface area (Å²) >= 11 is 0. The van der Waals surface area contributed by atoms with Gasteiger partial charge >= 0.3 is 0 Å². The van der Waals surface area contributed by atoms with Crippen LogP contribution < -0.4 is 0 Å². The maximum Gasteiger partial charge on any atom is 0.246 e. The van der Waals surface area contributed by atoms with Crippen LogP contribution in [0.2, 0.25) is 0 Å². The Morgan fingerprint density at radius 3 is 2.92 bits per heavy atom. The molecule has 1 fully saturated rings. The number of nitrogens with zero attached hydrogens (tertiary/aromatic N) is 3. The fourth-order valence-corrected chi connectivity index (χ4v) is 3.21. The molecule has 0 bridgehead atoms. The number of rotatable bonds is 6. The average Bonchev–Trinajstić information content (AvgIpc) is 3.02. The number of ether oxygens (including phenoxy) is 1. The Labute approximate surface area is 153 Å². The smallest absolute Gasteiger partial charge is 0.246 e. The summed E-state index contributed by atoms with van der Waals surface area (Å²) in [7, 11) is 0. The molecule has 0 atom stereocenters. The highest BCUT2D eigenvalue weighted by Gasteiger charge is 2.21. The maximum absolute atomic E-state index is 13.5. The molecule has 3 rings (SSSR count). The summed E-state index contributed by atoms with van der Waals surface area (Å²) in [5.41, 5.74) is 2.42. The van der Waals surface area contributed by atoms with Crippen LogP contribution in [0.5, 0.6) is 0 Å². The van der Waals surface area contributed by atoms with Gasteiger partial charge in [-0.1, -0.05) is 12.6 Å². The van der Waals surface area contributed by atoms with Crippen LogP contribution in [0, 0.1) is 18.7 Å². The summed E-state index contributed by atoms with van der Waals surface area (Å²) in [6.07, 6.45) is 5.13. The van der Waals surface area contributed by atoms with E-state index in [-0.39, 0.29) is 11.7 Å². The third-order valence-corrected chi connectivity index (χ3v) is 4.74. The topological polar surface area (TPSA) is 47.4 Å². The van der Waals surface area contributed by atoms with Crippen LogP contribution in [0.4, 0.5) is 4.39 Å². The van der Waals surface area contributed by atoms with Crippen LogP contribution in [-0.4, -0.2) is 40.3 Å². The van der Waals surface area contributed by atoms with Crippen LogP contribution in [0.3, 0.4) is 0 Å². The molecule has 0 spiro atoms. The molecule has 1 saturated heterocycles. The molecular weight excluding hydrogens is 333 g/mol. The predicted molar refractivity (Wildman–Crippen MR) is 97.4 cm³/mol. The molecular formula is C20H24FN3O2. The number of hydrogen-bond acceptors (Lipinski definition) is 3. The summed E-state index contributed by atoms with van der Waals surface area (Å²) < 4.78 is 20.5. The zero-order valence-electron chi connectivity index (χ0n) is 15.0. The molecule has 2 heterocycles. The second-order valence-corrected chi connectivity index (χ2v) is 6.64. The fourth-order valence-electron chi connectivity index (χ4n) is 3.21. The van der Waals surface area contributed by atoms with Crippen molar-refractivity contribution < 1.29 is 13.9 Å². The third kappa shape index (κ3) is 4.38. The summed E-state index contributed by atoms with van der Waals surface area (Å²) in [6.45, 7) is 8.16. The first-order chi connectivity index (χ1) is 12.6. The maximum atomic E-state index is 13.5. The van der Waals surface area contributed by atoms with Gasteiger partial charge in [0.05, 0.1) is 11.4 Å². The second-order valence-electron chi connectivity index (χ2n) is 6.64. The summed E-state index contributed by atoms with van der Waals surface area (Å²) in [5, 5.41) is 4.47. The minimum Gasteiger partial charge on any atom is -0.381 e. The third-order valence-electron chi connectivity index (χ3n) is 4.74. The first-order valence-electron chi connectivity index (χ1n) is 8.87. The van der Waals surface area contributed by atoms with Gasteiger partial charge in [0.1, 0.15) is 5.82 Å². The number of hydrogen-bond donors (Lipinski definition) is 0. The highest BCUT2D eigenvalue weighted by molar-refractivity contribution is 5.87. The van der Waals surface area contributed by atoms with E-state index in [1.54, 1.807) is 16.8 Å². The number of aryl methyl sites for hydroxylation is 1. The van der Waals surface area contributed by atoms with Gasteiger partial charge in [-0.15, -0.1) is 0 Å². The van der Waals surface area contributed by atoms with Crippen molar-refractivity contribution in [1.82, 2.24) is 14.7 Å². The largest absolute Gasteiger partial charge is 0.381 e. The van der Waals surface area contributed by atoms with Gasteiger partial charge in [0, 0.05) is 38.1 Å². The van der Waals surface area contributed by atoms with E-state index in [9.17, 15) is 9.18 Å². The number of halogens is 1. The van der Waals surface area contributed by atoms with Crippen LogP contribution in [-0.2, 0) is 16.1 Å². The Hall–Kier alpha value is -2.47. The summed E-state index contributed by atoms with van der Waals surface area (Å²) in [5.74, 6) is 0.0424. The fraction of sp³-hybridized carbons (Fsp3) is 0.400. The Morgan fingerprint density at radius 2 is 2.23 bits per heavy atom. The van der Waals surface area contributed by atoms with Crippen molar-refractivity contribution in [3.8, 4) is 5.69 Å². The van der Waals surface area contributed by atoms with E-state index in [1.807, 2.05) is 18.0 Å². The van der Waals surface area contributed by atoms with E-state index < -0.39 is 0 Å². The molecule has 6 heteroatoms. The highest BCUT2D eigenvalue weighted by atomic mass is 19.1. The molecule has 1 aliphatic heterocycles. The molecule has 26 heavy (non-hydrogen) atoms. The molecule has 1 aromatic carbocycles. The molecule has 1 aromatic heterocycles. The van der Waals surface area contributed by atoms with Crippen LogP contribution in [0.15, 0.2) is 43.1 Å². The lowest BCUT2D eigenvalue weighted by atomic mass is 9.99. The van der Waals surface area contributed by atoms with Crippen molar-refractivity contribution in [1.29, 1.82) is 0 Å². The van der Waals surface area contributed by atoms with Gasteiger partial charge in [0.25, 0.3) is 0 Å². The van der Waals surface area contributed by atoms with E-state index in [4.69, 9.17) is 4.74 Å². The summed E-state index contributed by atoms with van der Waals surface area (Å²) in [6, 6.07) is 6.29. The SMILES string of the molecule is C=CC(=O)N(Cc1cn(-c2cccc(F)c2)nc1C)CC1CCOCC1. The van der Waals surface area contributed by atoms with Gasteiger partial charge in [0.2, 0.25) is 5.91 Å². The normalized spacial score (nSPS) is 15.0. The predicted octanol–water partition coefficient (Wildman–Crippen LogP) is 3.26. The Balaban J connectivity index is 1.77. The zero-order chi connectivity index (χ0) is 18.5. The Kier molecular flexibility index (Phi) is 5.83. The Morgan fingerprint density at radius 1 is 1.46 bits per heavy atom. The average molecular weight is 357 g/mol. The lowest BCUT2D eigenvalue weighted by molar-refractivity contribution is -0.127. The summed E-state index contributed by atoms with van der Waals surface area (Å²) in [4.78, 5) is 14.1. The van der Waals surface area contributed by atoms with E-state index in [0.717, 1.165) is 37.3 Å². The molecule has 5 nitrogen and oxygen atoms in total. The van der Waals surface area contributed by atoms with Gasteiger partial charge in [-0.3, -0.25) is 4.79 Å². The first-order valence-corrected chi connectivity index (χ1v) is 8.87. The van der Waals surface area contributed by atoms with E-state index in [1.165, 1.54) is 18.2 Å². The van der Waals surface area contributed by atoms with E-state index >= 15 is 0 Å². The molecule has 1 amide bonds. The highest BCUT2D eigenvalue weighted by Crippen LogP contribution is 2.20. The van der Waals surface area contributed by atoms with Crippen molar-refractivity contribution in [2.45, 2.75) is 26.3 Å². The zero-order valence-corrected chi connectivity index (χ0v) is 15.0. The molecule has 0 aliphatic carbocycles. The quantitative estimate of drug-likeness (QED) is 0.746. The van der Waals surface area contributed by atoms with Gasteiger partial charge in [-0.2, -0.15) is 5.10 Å². The van der Waals surface area contributed by atoms with Gasteiger partial charge in [0.15, 0.2) is 0 Å². The van der Waals surface area contributed by atoms with Gasteiger partial charge in [-0.25, -0.2) is 9.07 Å². The van der Waals surface area contributed by atoms with Crippen molar-refractivity contribution in [2.75, 3.05) is 19.8 Å². The second kappa shape index (κ2) is 8.27. The standard InChI is InChI=1S/C20H24FN3O2/c1-3-20(25)23(12-16-7-9-26-10-8-16)13-17-14-24(22-15(17)2)19-6-4-5-18(21)11-19/h3-6,11,14,16H,1,7-10,12-13H2,2H3. The number of benzene rings is 1. The molecule has 0 saturated carbocycles. The molecule has 0 radical (unpaired) electrons. The first kappa shape index (κ1) is 18.3. The van der Waals surface area contributed by atoms with Crippen molar-refractivity contribution >= 4 is 5.91 Å². The van der Waals surface area contributed by atoms with Crippen LogP contribution in [0.25, 0.3) is 5.69 Å². The van der Waals surface area contributed by atoms with Gasteiger partial charge in [-0.05, 0) is 50.0 Å². The molecule has 0 N–H and O–H groups in total. The number of aromatic nitrogens is 2. The van der Waals surface area contributed by atoms with Crippen molar-refractivity contribution in [3.05, 3.63) is 60.2 Å². The monoisotopic (exact) mass is 357 g/mol. The van der Waals surface area contributed by atoms with Crippen molar-refractivity contribution in [2.24, 2.45) is 5.92 Å². The van der Waals surface area contributed by atoms with E-state index in [2.05, 4.69) is 11.7 Å². The van der Waals surface area contributed by atoms with Crippen molar-refractivity contribution in [3.63, 3.8) is 0 Å². The minimum absolute atomic E-state index is 0.0885. The minimum atomic E-state index is -0.305. The Bertz CT molecular complexity index is 781. The molecule has 138 valence electrons. The number of carbonyl (C=O) groups excluding carboxylic acids is 1. The number of amides is 1. The van der Waals surface area contributed by atoms with E-state index in [0.29, 0.717) is 24.7 Å². The lowest BCUT2D eigenvalue weighted by Gasteiger charge is -2.29. The molecule has 0 unspecified atom stereocenters. The number of carbonyl (C=O) groups is 1. The lowest BCUT2D eigenvalue weighted by Crippen LogP contribution is -2.35. The van der Waals surface area contributed by atoms with Crippen LogP contribution in [0.1, 0.15) is 24.1 Å².